The third-order valence-electron chi connectivity index (χ3n) is 1.92. The van der Waals surface area contributed by atoms with Crippen molar-refractivity contribution < 1.29 is 10.2 Å². The molecule has 0 saturated heterocycles. The van der Waals surface area contributed by atoms with Gasteiger partial charge in [-0.2, -0.15) is 0 Å². The van der Waals surface area contributed by atoms with E-state index < -0.39 is 0 Å². The van der Waals surface area contributed by atoms with Crippen LogP contribution in [0.25, 0.3) is 10.9 Å². The second-order valence-corrected chi connectivity index (χ2v) is 4.13. The predicted octanol–water partition coefficient (Wildman–Crippen LogP) is 3.47. The Labute approximate surface area is 98.8 Å². The molecule has 0 saturated carbocycles. The lowest BCUT2D eigenvalue weighted by molar-refractivity contribution is -0.215. The zero-order valence-electron chi connectivity index (χ0n) is 7.37. The van der Waals surface area contributed by atoms with Crippen LogP contribution >= 0.6 is 27.5 Å². The highest BCUT2D eigenvalue weighted by Gasteiger charge is 2.06. The van der Waals surface area contributed by atoms with Crippen LogP contribution in [-0.4, -0.2) is 10.2 Å². The molecule has 0 aliphatic rings. The molecule has 6 heteroatoms. The Morgan fingerprint density at radius 2 is 2.27 bits per heavy atom. The van der Waals surface area contributed by atoms with E-state index in [-0.39, 0.29) is 0 Å². The fourth-order valence-electron chi connectivity index (χ4n) is 1.25. The van der Waals surface area contributed by atoms with Crippen molar-refractivity contribution in [1.29, 1.82) is 0 Å². The molecule has 0 aliphatic carbocycles. The van der Waals surface area contributed by atoms with E-state index in [0.717, 1.165) is 15.4 Å². The Kier molecular flexibility index (Phi) is 3.06. The zero-order chi connectivity index (χ0) is 10.8. The molecule has 0 atom stereocenters. The monoisotopic (exact) mass is 288 g/mol. The quantitative estimate of drug-likeness (QED) is 0.656. The highest BCUT2D eigenvalue weighted by Crippen LogP contribution is 2.31. The second kappa shape index (κ2) is 4.32. The van der Waals surface area contributed by atoms with Crippen molar-refractivity contribution in [3.63, 3.8) is 0 Å². The summed E-state index contributed by atoms with van der Waals surface area (Å²) in [7, 11) is 0. The maximum atomic E-state index is 8.26. The molecule has 0 amide bonds. The summed E-state index contributed by atoms with van der Waals surface area (Å²) >= 11 is 9.42. The van der Waals surface area contributed by atoms with Crippen molar-refractivity contribution in [2.24, 2.45) is 0 Å². The Morgan fingerprint density at radius 3 is 3.00 bits per heavy atom. The number of anilines is 1. The highest BCUT2D eigenvalue weighted by atomic mass is 79.9. The first-order valence-corrected chi connectivity index (χ1v) is 5.19. The van der Waals surface area contributed by atoms with Crippen LogP contribution in [0.2, 0.25) is 5.02 Å². The lowest BCUT2D eigenvalue weighted by Crippen LogP contribution is -1.98. The second-order valence-electron chi connectivity index (χ2n) is 2.84. The van der Waals surface area contributed by atoms with E-state index in [1.54, 1.807) is 0 Å². The van der Waals surface area contributed by atoms with Crippen LogP contribution < -0.4 is 5.48 Å². The first-order chi connectivity index (χ1) is 7.22. The maximum Gasteiger partial charge on any atom is 0.101 e. The minimum absolute atomic E-state index is 0.407. The molecule has 0 unspecified atom stereocenters. The summed E-state index contributed by atoms with van der Waals surface area (Å²) in [6.07, 6.45) is 1.48. The number of benzene rings is 1. The summed E-state index contributed by atoms with van der Waals surface area (Å²) in [5.41, 5.74) is 3.41. The Hall–Kier alpha value is -0.880. The topological polar surface area (TPSA) is 54.4 Å². The minimum Gasteiger partial charge on any atom is -0.254 e. The zero-order valence-corrected chi connectivity index (χ0v) is 9.71. The number of aromatic nitrogens is 1. The fraction of sp³-hybridized carbons (Fsp3) is 0. The van der Waals surface area contributed by atoms with Crippen LogP contribution in [0.15, 0.2) is 28.9 Å². The molecule has 1 aromatic carbocycles. The number of nitrogens with zero attached hydrogens (tertiary/aromatic N) is 1. The number of hydrogen-bond donors (Lipinski definition) is 2. The van der Waals surface area contributed by atoms with Gasteiger partial charge in [0.1, 0.15) is 5.69 Å². The molecule has 0 radical (unpaired) electrons. The van der Waals surface area contributed by atoms with Crippen LogP contribution in [0.5, 0.6) is 0 Å². The Bertz CT molecular complexity index is 507. The number of hydrogen-bond acceptors (Lipinski definition) is 4. The lowest BCUT2D eigenvalue weighted by Gasteiger charge is -2.06. The first-order valence-electron chi connectivity index (χ1n) is 4.02. The maximum absolute atomic E-state index is 8.26. The van der Waals surface area contributed by atoms with E-state index in [9.17, 15) is 0 Å². The summed E-state index contributed by atoms with van der Waals surface area (Å²) in [6, 6.07) is 5.56. The SMILES string of the molecule is OONc1cnc2ccc(Br)cc2c1Cl. The van der Waals surface area contributed by atoms with Gasteiger partial charge in [0, 0.05) is 9.86 Å². The molecule has 1 aromatic heterocycles. The Balaban J connectivity index is 2.65. The van der Waals surface area contributed by atoms with E-state index in [4.69, 9.17) is 16.9 Å². The summed E-state index contributed by atoms with van der Waals surface area (Å²) in [6.45, 7) is 0. The van der Waals surface area contributed by atoms with Gasteiger partial charge in [-0.25, -0.2) is 10.7 Å². The fourth-order valence-corrected chi connectivity index (χ4v) is 1.85. The van der Waals surface area contributed by atoms with Crippen molar-refractivity contribution in [3.05, 3.63) is 33.9 Å². The largest absolute Gasteiger partial charge is 0.254 e. The average Bonchev–Trinajstić information content (AvgIpc) is 2.23. The van der Waals surface area contributed by atoms with Gasteiger partial charge in [-0.3, -0.25) is 4.98 Å². The Morgan fingerprint density at radius 1 is 1.47 bits per heavy atom. The average molecular weight is 290 g/mol. The molecule has 1 heterocycles. The van der Waals surface area contributed by atoms with Gasteiger partial charge in [-0.15, -0.1) is 4.99 Å². The lowest BCUT2D eigenvalue weighted by atomic mass is 10.2. The van der Waals surface area contributed by atoms with Crippen LogP contribution in [0.3, 0.4) is 0 Å². The van der Waals surface area contributed by atoms with E-state index >= 15 is 0 Å². The summed E-state index contributed by atoms with van der Waals surface area (Å²) < 4.78 is 0.903. The van der Waals surface area contributed by atoms with Crippen molar-refractivity contribution in [3.8, 4) is 0 Å². The molecule has 2 N–H and O–H groups in total. The number of fused-ring (bicyclic) bond motifs is 1. The molecule has 2 rings (SSSR count). The van der Waals surface area contributed by atoms with Crippen LogP contribution in [0, 0.1) is 0 Å². The molecular weight excluding hydrogens is 283 g/mol. The summed E-state index contributed by atoms with van der Waals surface area (Å²) in [5, 5.41) is 9.48. The molecule has 0 aliphatic heterocycles. The molecule has 0 fully saturated rings. The van der Waals surface area contributed by atoms with E-state index in [1.165, 1.54) is 6.20 Å². The van der Waals surface area contributed by atoms with Crippen molar-refractivity contribution in [2.75, 3.05) is 5.48 Å². The number of nitrogens with one attached hydrogen (secondary N) is 1. The van der Waals surface area contributed by atoms with Gasteiger partial charge in [0.15, 0.2) is 0 Å². The van der Waals surface area contributed by atoms with Crippen molar-refractivity contribution >= 4 is 44.1 Å². The molecule has 2 aromatic rings. The van der Waals surface area contributed by atoms with Crippen LogP contribution in [-0.2, 0) is 4.99 Å². The number of pyridine rings is 1. The molecule has 15 heavy (non-hydrogen) atoms. The molecule has 0 spiro atoms. The summed E-state index contributed by atoms with van der Waals surface area (Å²) in [4.78, 5) is 7.94. The van der Waals surface area contributed by atoms with Gasteiger partial charge in [-0.05, 0) is 18.2 Å². The van der Waals surface area contributed by atoms with Gasteiger partial charge in [0.25, 0.3) is 0 Å². The molecule has 78 valence electrons. The van der Waals surface area contributed by atoms with Gasteiger partial charge < -0.3 is 0 Å². The first kappa shape index (κ1) is 10.6. The standard InChI is InChI=1S/C9H6BrClN2O2/c10-5-1-2-7-6(3-5)9(11)8(4-12-7)13-15-14/h1-4,13-14H. The van der Waals surface area contributed by atoms with Gasteiger partial charge in [0.05, 0.1) is 16.7 Å². The number of halogens is 2. The molecule has 4 nitrogen and oxygen atoms in total. The van der Waals surface area contributed by atoms with E-state index in [0.29, 0.717) is 10.7 Å². The molecule has 0 bridgehead atoms. The van der Waals surface area contributed by atoms with Gasteiger partial charge >= 0.3 is 0 Å². The van der Waals surface area contributed by atoms with Crippen LogP contribution in [0.1, 0.15) is 0 Å². The van der Waals surface area contributed by atoms with E-state index in [1.807, 2.05) is 18.2 Å². The van der Waals surface area contributed by atoms with Crippen molar-refractivity contribution in [1.82, 2.24) is 4.98 Å². The highest BCUT2D eigenvalue weighted by molar-refractivity contribution is 9.10. The smallest absolute Gasteiger partial charge is 0.101 e. The third kappa shape index (κ3) is 2.05. The van der Waals surface area contributed by atoms with Gasteiger partial charge in [-0.1, -0.05) is 27.5 Å². The van der Waals surface area contributed by atoms with Crippen LogP contribution in [0.4, 0.5) is 5.69 Å². The summed E-state index contributed by atoms with van der Waals surface area (Å²) in [5.74, 6) is 0. The molecular formula is C9H6BrClN2O2. The van der Waals surface area contributed by atoms with Gasteiger partial charge in [0.2, 0.25) is 0 Å². The van der Waals surface area contributed by atoms with E-state index in [2.05, 4.69) is 31.4 Å². The minimum atomic E-state index is 0.407. The normalized spacial score (nSPS) is 10.6. The predicted molar refractivity (Wildman–Crippen MR) is 61.8 cm³/mol. The number of rotatable bonds is 2. The van der Waals surface area contributed by atoms with Crippen molar-refractivity contribution in [2.45, 2.75) is 0 Å². The third-order valence-corrected chi connectivity index (χ3v) is 2.82.